The van der Waals surface area contributed by atoms with Crippen molar-refractivity contribution < 1.29 is 9.21 Å². The van der Waals surface area contributed by atoms with Crippen LogP contribution in [0.15, 0.2) is 77.2 Å². The molecule has 1 amide bonds. The highest BCUT2D eigenvalue weighted by Crippen LogP contribution is 2.30. The van der Waals surface area contributed by atoms with Crippen LogP contribution in [0.4, 0.5) is 5.69 Å². The molecular weight excluding hydrogens is 336 g/mol. The molecule has 0 unspecified atom stereocenters. The zero-order valence-electron chi connectivity index (χ0n) is 14.7. The lowest BCUT2D eigenvalue weighted by molar-refractivity contribution is 0.102. The summed E-state index contributed by atoms with van der Waals surface area (Å²) in [5.41, 5.74) is 4.63. The third kappa shape index (κ3) is 2.62. The highest BCUT2D eigenvalue weighted by atomic mass is 16.3. The summed E-state index contributed by atoms with van der Waals surface area (Å²) in [5.74, 6) is -0.149. The van der Waals surface area contributed by atoms with Crippen LogP contribution in [-0.4, -0.2) is 10.9 Å². The summed E-state index contributed by atoms with van der Waals surface area (Å²) < 4.78 is 5.85. The lowest BCUT2D eigenvalue weighted by Crippen LogP contribution is -2.13. The summed E-state index contributed by atoms with van der Waals surface area (Å²) in [7, 11) is 0. The quantitative estimate of drug-likeness (QED) is 0.444. The smallest absolute Gasteiger partial charge is 0.256 e. The maximum Gasteiger partial charge on any atom is 0.256 e. The first-order chi connectivity index (χ1) is 13.2. The Morgan fingerprint density at radius 3 is 2.48 bits per heavy atom. The van der Waals surface area contributed by atoms with E-state index in [2.05, 4.69) is 10.3 Å². The maximum atomic E-state index is 13.0. The number of amides is 1. The summed E-state index contributed by atoms with van der Waals surface area (Å²) >= 11 is 0. The van der Waals surface area contributed by atoms with Crippen LogP contribution in [0.1, 0.15) is 16.1 Å². The predicted molar refractivity (Wildman–Crippen MR) is 108 cm³/mol. The number of nitrogens with one attached hydrogen (secondary N) is 1. The van der Waals surface area contributed by atoms with Crippen LogP contribution >= 0.6 is 0 Å². The van der Waals surface area contributed by atoms with Crippen LogP contribution in [0.2, 0.25) is 0 Å². The fraction of sp³-hybridized carbons (Fsp3) is 0.0435. The van der Waals surface area contributed by atoms with Gasteiger partial charge in [0.25, 0.3) is 5.91 Å². The maximum absolute atomic E-state index is 13.0. The molecule has 27 heavy (non-hydrogen) atoms. The highest BCUT2D eigenvalue weighted by molar-refractivity contribution is 6.13. The number of carbonyl (C=O) groups is 1. The summed E-state index contributed by atoms with van der Waals surface area (Å²) in [5, 5.41) is 5.88. The standard InChI is InChI=1S/C23H16N2O2/c1-14-12-19(16-6-2-4-8-20(16)24-14)23(26)25-15-10-11-22-18(13-15)17-7-3-5-9-21(17)27-22/h2-13H,1H3,(H,25,26). The Morgan fingerprint density at radius 2 is 1.59 bits per heavy atom. The number of pyridine rings is 1. The van der Waals surface area contributed by atoms with Crippen molar-refractivity contribution in [1.29, 1.82) is 0 Å². The SMILES string of the molecule is Cc1cc(C(=O)Nc2ccc3oc4ccccc4c3c2)c2ccccc2n1. The zero-order chi connectivity index (χ0) is 18.4. The highest BCUT2D eigenvalue weighted by Gasteiger charge is 2.13. The van der Waals surface area contributed by atoms with Gasteiger partial charge in [-0.2, -0.15) is 0 Å². The molecule has 0 aliphatic rings. The van der Waals surface area contributed by atoms with Crippen molar-refractivity contribution in [3.63, 3.8) is 0 Å². The number of nitrogens with zero attached hydrogens (tertiary/aromatic N) is 1. The molecule has 0 saturated carbocycles. The van der Waals surface area contributed by atoms with E-state index >= 15 is 0 Å². The number of hydrogen-bond donors (Lipinski definition) is 1. The van der Waals surface area contributed by atoms with E-state index in [0.717, 1.165) is 44.2 Å². The topological polar surface area (TPSA) is 55.1 Å². The van der Waals surface area contributed by atoms with Gasteiger partial charge in [-0.25, -0.2) is 0 Å². The number of benzene rings is 3. The van der Waals surface area contributed by atoms with Crippen molar-refractivity contribution >= 4 is 44.4 Å². The van der Waals surface area contributed by atoms with Gasteiger partial charge in [-0.1, -0.05) is 36.4 Å². The fourth-order valence-corrected chi connectivity index (χ4v) is 3.50. The molecule has 0 atom stereocenters. The molecule has 5 aromatic rings. The van der Waals surface area contributed by atoms with Crippen LogP contribution in [0.3, 0.4) is 0 Å². The molecular formula is C23H16N2O2. The van der Waals surface area contributed by atoms with Gasteiger partial charge in [0.2, 0.25) is 0 Å². The summed E-state index contributed by atoms with van der Waals surface area (Å²) in [6.45, 7) is 1.90. The normalized spacial score (nSPS) is 11.3. The largest absolute Gasteiger partial charge is 0.456 e. The lowest BCUT2D eigenvalue weighted by atomic mass is 10.1. The van der Waals surface area contributed by atoms with Crippen LogP contribution in [-0.2, 0) is 0 Å². The Kier molecular flexibility index (Phi) is 3.44. The Hall–Kier alpha value is -3.66. The average Bonchev–Trinajstić information content (AvgIpc) is 3.05. The molecule has 2 heterocycles. The molecule has 0 bridgehead atoms. The zero-order valence-corrected chi connectivity index (χ0v) is 14.7. The Morgan fingerprint density at radius 1 is 0.852 bits per heavy atom. The van der Waals surface area contributed by atoms with Crippen molar-refractivity contribution in [2.45, 2.75) is 6.92 Å². The first-order valence-corrected chi connectivity index (χ1v) is 8.78. The third-order valence-electron chi connectivity index (χ3n) is 4.72. The Balaban J connectivity index is 1.57. The van der Waals surface area contributed by atoms with E-state index in [1.807, 2.05) is 79.7 Å². The molecule has 0 aliphatic heterocycles. The molecule has 0 aliphatic carbocycles. The second-order valence-corrected chi connectivity index (χ2v) is 6.59. The van der Waals surface area contributed by atoms with E-state index in [-0.39, 0.29) is 5.91 Å². The van der Waals surface area contributed by atoms with E-state index in [1.165, 1.54) is 0 Å². The Labute approximate surface area is 155 Å². The number of anilines is 1. The molecule has 130 valence electrons. The monoisotopic (exact) mass is 352 g/mol. The summed E-state index contributed by atoms with van der Waals surface area (Å²) in [6.07, 6.45) is 0. The minimum atomic E-state index is -0.149. The minimum Gasteiger partial charge on any atom is -0.456 e. The molecule has 3 aromatic carbocycles. The first-order valence-electron chi connectivity index (χ1n) is 8.78. The van der Waals surface area contributed by atoms with Crippen LogP contribution < -0.4 is 5.32 Å². The average molecular weight is 352 g/mol. The van der Waals surface area contributed by atoms with Gasteiger partial charge in [-0.3, -0.25) is 9.78 Å². The molecule has 5 rings (SSSR count). The van der Waals surface area contributed by atoms with Gasteiger partial charge in [0.05, 0.1) is 11.1 Å². The van der Waals surface area contributed by atoms with Crippen molar-refractivity contribution in [3.05, 3.63) is 84.1 Å². The van der Waals surface area contributed by atoms with E-state index in [9.17, 15) is 4.79 Å². The fourth-order valence-electron chi connectivity index (χ4n) is 3.50. The van der Waals surface area contributed by atoms with E-state index in [4.69, 9.17) is 4.42 Å². The molecule has 0 radical (unpaired) electrons. The minimum absolute atomic E-state index is 0.149. The number of hydrogen-bond acceptors (Lipinski definition) is 3. The van der Waals surface area contributed by atoms with Gasteiger partial charge in [0, 0.05) is 27.5 Å². The second-order valence-electron chi connectivity index (χ2n) is 6.59. The van der Waals surface area contributed by atoms with Gasteiger partial charge < -0.3 is 9.73 Å². The number of furan rings is 1. The number of aryl methyl sites for hydroxylation is 1. The van der Waals surface area contributed by atoms with E-state index in [1.54, 1.807) is 0 Å². The third-order valence-corrected chi connectivity index (χ3v) is 4.72. The second kappa shape index (κ2) is 5.95. The van der Waals surface area contributed by atoms with Crippen molar-refractivity contribution in [2.24, 2.45) is 0 Å². The van der Waals surface area contributed by atoms with Gasteiger partial charge in [-0.15, -0.1) is 0 Å². The molecule has 4 heteroatoms. The van der Waals surface area contributed by atoms with Gasteiger partial charge >= 0.3 is 0 Å². The number of carbonyl (C=O) groups excluding carboxylic acids is 1. The molecule has 2 aromatic heterocycles. The molecule has 1 N–H and O–H groups in total. The van der Waals surface area contributed by atoms with E-state index < -0.39 is 0 Å². The van der Waals surface area contributed by atoms with Crippen molar-refractivity contribution in [3.8, 4) is 0 Å². The van der Waals surface area contributed by atoms with Gasteiger partial charge in [0.15, 0.2) is 0 Å². The number of aromatic nitrogens is 1. The van der Waals surface area contributed by atoms with Crippen LogP contribution in [0, 0.1) is 6.92 Å². The lowest BCUT2D eigenvalue weighted by Gasteiger charge is -2.09. The van der Waals surface area contributed by atoms with E-state index in [0.29, 0.717) is 5.56 Å². The number of para-hydroxylation sites is 2. The summed E-state index contributed by atoms with van der Waals surface area (Å²) in [6, 6.07) is 23.1. The molecule has 4 nitrogen and oxygen atoms in total. The predicted octanol–water partition coefficient (Wildman–Crippen LogP) is 5.69. The molecule has 0 fully saturated rings. The summed E-state index contributed by atoms with van der Waals surface area (Å²) in [4.78, 5) is 17.5. The van der Waals surface area contributed by atoms with Crippen LogP contribution in [0.5, 0.6) is 0 Å². The Bertz CT molecular complexity index is 1330. The van der Waals surface area contributed by atoms with Gasteiger partial charge in [0.1, 0.15) is 11.2 Å². The van der Waals surface area contributed by atoms with Crippen molar-refractivity contribution in [2.75, 3.05) is 5.32 Å². The molecule has 0 spiro atoms. The number of fused-ring (bicyclic) bond motifs is 4. The number of rotatable bonds is 2. The van der Waals surface area contributed by atoms with Gasteiger partial charge in [-0.05, 0) is 43.3 Å². The molecule has 0 saturated heterocycles. The van der Waals surface area contributed by atoms with Crippen LogP contribution in [0.25, 0.3) is 32.8 Å². The first kappa shape index (κ1) is 15.6. The van der Waals surface area contributed by atoms with Crippen molar-refractivity contribution in [1.82, 2.24) is 4.98 Å².